The highest BCUT2D eigenvalue weighted by Gasteiger charge is 2.30. The number of para-hydroxylation sites is 1. The van der Waals surface area contributed by atoms with Crippen LogP contribution in [-0.4, -0.2) is 48.0 Å². The van der Waals surface area contributed by atoms with E-state index in [1.807, 2.05) is 54.7 Å². The SMILES string of the molecule is COCCNC(=O)C1=CC(c2cn(C(C)=O)c3ccccc23)CC(OCc2ccc(CO)cc2)O1. The first-order valence-electron chi connectivity index (χ1n) is 11.6. The maximum absolute atomic E-state index is 12.8. The first kappa shape index (κ1) is 24.7. The van der Waals surface area contributed by atoms with Gasteiger partial charge in [-0.1, -0.05) is 42.5 Å². The lowest BCUT2D eigenvalue weighted by Crippen LogP contribution is -2.34. The number of carbonyl (C=O) groups excluding carboxylic acids is 2. The molecule has 0 spiro atoms. The van der Waals surface area contributed by atoms with Crippen molar-refractivity contribution in [1.29, 1.82) is 0 Å². The van der Waals surface area contributed by atoms with E-state index in [2.05, 4.69) is 5.32 Å². The molecule has 1 aliphatic rings. The van der Waals surface area contributed by atoms with Crippen LogP contribution in [0.2, 0.25) is 0 Å². The van der Waals surface area contributed by atoms with Gasteiger partial charge in [0.2, 0.25) is 12.2 Å². The average Bonchev–Trinajstić information content (AvgIpc) is 3.28. The van der Waals surface area contributed by atoms with Crippen LogP contribution in [0.25, 0.3) is 10.9 Å². The largest absolute Gasteiger partial charge is 0.459 e. The van der Waals surface area contributed by atoms with E-state index >= 15 is 0 Å². The Morgan fingerprint density at radius 1 is 1.14 bits per heavy atom. The molecular formula is C27H30N2O6. The predicted molar refractivity (Wildman–Crippen MR) is 131 cm³/mol. The summed E-state index contributed by atoms with van der Waals surface area (Å²) in [5, 5.41) is 13.0. The van der Waals surface area contributed by atoms with Crippen molar-refractivity contribution in [2.75, 3.05) is 20.3 Å². The first-order chi connectivity index (χ1) is 17.0. The molecule has 0 saturated heterocycles. The molecule has 0 fully saturated rings. The fraction of sp³-hybridized carbons (Fsp3) is 0.333. The fourth-order valence-corrected chi connectivity index (χ4v) is 4.18. The number of nitrogens with zero attached hydrogens (tertiary/aromatic N) is 1. The van der Waals surface area contributed by atoms with Gasteiger partial charge in [-0.3, -0.25) is 14.2 Å². The standard InChI is InChI=1S/C27H30N2O6/c1-18(31)29-15-23(22-5-3-4-6-24(22)29)21-13-25(27(32)28-11-12-33-2)35-26(14-21)34-17-20-9-7-19(16-30)8-10-20/h3-10,13,15,21,26,30H,11-12,14,16-17H2,1-2H3,(H,28,32). The van der Waals surface area contributed by atoms with Crippen LogP contribution < -0.4 is 5.32 Å². The van der Waals surface area contributed by atoms with E-state index in [1.54, 1.807) is 17.8 Å². The molecule has 3 aromatic rings. The lowest BCUT2D eigenvalue weighted by molar-refractivity contribution is -0.150. The minimum absolute atomic E-state index is 0.0191. The van der Waals surface area contributed by atoms with Gasteiger partial charge in [0, 0.05) is 44.5 Å². The third-order valence-electron chi connectivity index (χ3n) is 6.00. The normalized spacial score (nSPS) is 17.6. The monoisotopic (exact) mass is 478 g/mol. The van der Waals surface area contributed by atoms with Crippen LogP contribution in [0.4, 0.5) is 0 Å². The Morgan fingerprint density at radius 2 is 1.89 bits per heavy atom. The second-order valence-corrected chi connectivity index (χ2v) is 8.45. The number of fused-ring (bicyclic) bond motifs is 1. The number of aliphatic hydroxyl groups excluding tert-OH is 1. The fourth-order valence-electron chi connectivity index (χ4n) is 4.18. The lowest BCUT2D eigenvalue weighted by atomic mass is 9.92. The van der Waals surface area contributed by atoms with Crippen molar-refractivity contribution in [3.63, 3.8) is 0 Å². The van der Waals surface area contributed by atoms with Crippen LogP contribution in [-0.2, 0) is 32.2 Å². The maximum Gasteiger partial charge on any atom is 0.286 e. The number of hydrogen-bond acceptors (Lipinski definition) is 6. The second-order valence-electron chi connectivity index (χ2n) is 8.45. The number of allylic oxidation sites excluding steroid dienone is 1. The average molecular weight is 479 g/mol. The van der Waals surface area contributed by atoms with Gasteiger partial charge in [0.05, 0.1) is 25.3 Å². The summed E-state index contributed by atoms with van der Waals surface area (Å²) in [6.07, 6.45) is 3.45. The van der Waals surface area contributed by atoms with Gasteiger partial charge in [-0.05, 0) is 28.8 Å². The van der Waals surface area contributed by atoms with Crippen molar-refractivity contribution in [2.45, 2.75) is 38.8 Å². The molecule has 2 atom stereocenters. The third-order valence-corrected chi connectivity index (χ3v) is 6.00. The molecule has 0 saturated carbocycles. The Balaban J connectivity index is 1.60. The third kappa shape index (κ3) is 5.79. The number of methoxy groups -OCH3 is 1. The number of amides is 1. The van der Waals surface area contributed by atoms with E-state index in [-0.39, 0.29) is 36.7 Å². The van der Waals surface area contributed by atoms with Gasteiger partial charge in [-0.25, -0.2) is 0 Å². The molecule has 2 heterocycles. The molecule has 2 N–H and O–H groups in total. The van der Waals surface area contributed by atoms with E-state index < -0.39 is 6.29 Å². The van der Waals surface area contributed by atoms with E-state index in [9.17, 15) is 14.7 Å². The summed E-state index contributed by atoms with van der Waals surface area (Å²) in [5.41, 5.74) is 3.50. The molecule has 184 valence electrons. The molecule has 0 bridgehead atoms. The minimum atomic E-state index is -0.662. The van der Waals surface area contributed by atoms with Crippen LogP contribution in [0, 0.1) is 0 Å². The predicted octanol–water partition coefficient (Wildman–Crippen LogP) is 3.49. The molecule has 8 heteroatoms. The second kappa shape index (κ2) is 11.3. The molecule has 1 aliphatic heterocycles. The number of aliphatic hydroxyl groups is 1. The van der Waals surface area contributed by atoms with E-state index in [0.29, 0.717) is 19.6 Å². The number of benzene rings is 2. The molecule has 8 nitrogen and oxygen atoms in total. The zero-order valence-corrected chi connectivity index (χ0v) is 19.9. The van der Waals surface area contributed by atoms with Crippen molar-refractivity contribution < 1.29 is 28.9 Å². The highest BCUT2D eigenvalue weighted by Crippen LogP contribution is 2.36. The van der Waals surface area contributed by atoms with Crippen LogP contribution in [0.15, 0.2) is 66.6 Å². The van der Waals surface area contributed by atoms with Crippen molar-refractivity contribution in [1.82, 2.24) is 9.88 Å². The quantitative estimate of drug-likeness (QED) is 0.457. The van der Waals surface area contributed by atoms with Crippen molar-refractivity contribution >= 4 is 22.7 Å². The molecule has 2 aromatic carbocycles. The number of hydrogen-bond donors (Lipinski definition) is 2. The van der Waals surface area contributed by atoms with E-state index in [1.165, 1.54) is 6.92 Å². The Bertz CT molecular complexity index is 1210. The highest BCUT2D eigenvalue weighted by atomic mass is 16.7. The van der Waals surface area contributed by atoms with Gasteiger partial charge >= 0.3 is 0 Å². The van der Waals surface area contributed by atoms with Crippen molar-refractivity contribution in [2.24, 2.45) is 0 Å². The smallest absolute Gasteiger partial charge is 0.286 e. The van der Waals surface area contributed by atoms with Crippen LogP contribution >= 0.6 is 0 Å². The Kier molecular flexibility index (Phi) is 7.97. The van der Waals surface area contributed by atoms with Gasteiger partial charge in [0.1, 0.15) is 0 Å². The minimum Gasteiger partial charge on any atom is -0.459 e. The topological polar surface area (TPSA) is 99.0 Å². The summed E-state index contributed by atoms with van der Waals surface area (Å²) in [5.74, 6) is -0.445. The zero-order chi connectivity index (χ0) is 24.8. The lowest BCUT2D eigenvalue weighted by Gasteiger charge is -2.29. The summed E-state index contributed by atoms with van der Waals surface area (Å²) >= 11 is 0. The molecule has 4 rings (SSSR count). The van der Waals surface area contributed by atoms with E-state index in [0.717, 1.165) is 27.6 Å². The van der Waals surface area contributed by atoms with Crippen molar-refractivity contribution in [3.8, 4) is 0 Å². The summed E-state index contributed by atoms with van der Waals surface area (Å²) < 4.78 is 18.6. The zero-order valence-electron chi connectivity index (χ0n) is 19.9. The van der Waals surface area contributed by atoms with Crippen LogP contribution in [0.1, 0.15) is 40.7 Å². The van der Waals surface area contributed by atoms with Crippen LogP contribution in [0.5, 0.6) is 0 Å². The molecule has 1 aromatic heterocycles. The number of carbonyl (C=O) groups is 2. The number of ether oxygens (including phenoxy) is 3. The molecule has 1 amide bonds. The van der Waals surface area contributed by atoms with Crippen molar-refractivity contribution in [3.05, 3.63) is 83.3 Å². The number of aromatic nitrogens is 1. The highest BCUT2D eigenvalue weighted by molar-refractivity contribution is 5.95. The molecule has 0 radical (unpaired) electrons. The summed E-state index contributed by atoms with van der Waals surface area (Å²) in [4.78, 5) is 25.1. The van der Waals surface area contributed by atoms with Gasteiger partial charge in [-0.15, -0.1) is 0 Å². The van der Waals surface area contributed by atoms with Crippen LogP contribution in [0.3, 0.4) is 0 Å². The Hall–Kier alpha value is -3.46. The Morgan fingerprint density at radius 3 is 2.60 bits per heavy atom. The summed E-state index contributed by atoms with van der Waals surface area (Å²) in [6.45, 7) is 2.54. The summed E-state index contributed by atoms with van der Waals surface area (Å²) in [7, 11) is 1.57. The number of rotatable bonds is 9. The summed E-state index contributed by atoms with van der Waals surface area (Å²) in [6, 6.07) is 15.2. The molecule has 0 aliphatic carbocycles. The van der Waals surface area contributed by atoms with E-state index in [4.69, 9.17) is 14.2 Å². The maximum atomic E-state index is 12.8. The van der Waals surface area contributed by atoms with Gasteiger partial charge in [0.15, 0.2) is 5.76 Å². The molecule has 2 unspecified atom stereocenters. The van der Waals surface area contributed by atoms with Gasteiger partial charge in [-0.2, -0.15) is 0 Å². The van der Waals surface area contributed by atoms with Gasteiger partial charge < -0.3 is 24.6 Å². The Labute approximate surface area is 204 Å². The van der Waals surface area contributed by atoms with Gasteiger partial charge in [0.25, 0.3) is 5.91 Å². The number of nitrogens with one attached hydrogen (secondary N) is 1. The molecule has 35 heavy (non-hydrogen) atoms. The first-order valence-corrected chi connectivity index (χ1v) is 11.6. The molecular weight excluding hydrogens is 448 g/mol.